The molecule has 0 unspecified atom stereocenters. The summed E-state index contributed by atoms with van der Waals surface area (Å²) in [4.78, 5) is 0. The Morgan fingerprint density at radius 2 is 2.00 bits per heavy atom. The number of rotatable bonds is 8. The molecule has 124 valence electrons. The van der Waals surface area contributed by atoms with E-state index in [1.165, 1.54) is 0 Å². The predicted molar refractivity (Wildman–Crippen MR) is 83.6 cm³/mol. The first-order valence-electron chi connectivity index (χ1n) is 7.39. The minimum absolute atomic E-state index is 0.101. The molecule has 1 N–H and O–H groups in total. The van der Waals surface area contributed by atoms with Crippen molar-refractivity contribution in [1.82, 2.24) is 4.72 Å². The molecule has 1 aliphatic heterocycles. The Hall–Kier alpha value is -1.15. The maximum Gasteiger partial charge on any atom is 0.215 e. The highest BCUT2D eigenvalue weighted by Gasteiger charge is 2.32. The van der Waals surface area contributed by atoms with Crippen molar-refractivity contribution in [2.75, 3.05) is 32.2 Å². The van der Waals surface area contributed by atoms with Gasteiger partial charge in [0.15, 0.2) is 0 Å². The van der Waals surface area contributed by atoms with Crippen molar-refractivity contribution < 1.29 is 22.6 Å². The molecular weight excluding hydrogens is 306 g/mol. The number of aryl methyl sites for hydroxylation is 1. The maximum absolute atomic E-state index is 12.1. The van der Waals surface area contributed by atoms with Crippen LogP contribution < -0.4 is 9.46 Å². The third-order valence-electron chi connectivity index (χ3n) is 3.38. The lowest BCUT2D eigenvalue weighted by atomic mass is 10.2. The van der Waals surface area contributed by atoms with Crippen LogP contribution in [-0.2, 0) is 19.5 Å². The second kappa shape index (κ2) is 7.92. The van der Waals surface area contributed by atoms with Crippen LogP contribution in [0.5, 0.6) is 5.75 Å². The normalized spacial score (nSPS) is 21.9. The Kier molecular flexibility index (Phi) is 6.19. The zero-order valence-electron chi connectivity index (χ0n) is 12.9. The number of ether oxygens (including phenoxy) is 3. The Morgan fingerprint density at radius 3 is 2.68 bits per heavy atom. The Labute approximate surface area is 131 Å². The third kappa shape index (κ3) is 5.24. The van der Waals surface area contributed by atoms with Gasteiger partial charge in [-0.25, -0.2) is 13.1 Å². The van der Waals surface area contributed by atoms with Crippen molar-refractivity contribution in [1.29, 1.82) is 0 Å². The molecule has 2 rings (SSSR count). The summed E-state index contributed by atoms with van der Waals surface area (Å²) in [7, 11) is -3.43. The van der Waals surface area contributed by atoms with E-state index < -0.39 is 10.0 Å². The van der Waals surface area contributed by atoms with Crippen LogP contribution in [0, 0.1) is 6.92 Å². The van der Waals surface area contributed by atoms with E-state index in [1.54, 1.807) is 0 Å². The van der Waals surface area contributed by atoms with Crippen LogP contribution >= 0.6 is 0 Å². The summed E-state index contributed by atoms with van der Waals surface area (Å²) in [6.07, 6.45) is -0.224. The largest absolute Gasteiger partial charge is 0.492 e. The molecule has 6 nitrogen and oxygen atoms in total. The minimum Gasteiger partial charge on any atom is -0.492 e. The highest BCUT2D eigenvalue weighted by molar-refractivity contribution is 7.89. The molecule has 2 atom stereocenters. The fourth-order valence-electron chi connectivity index (χ4n) is 2.22. The summed E-state index contributed by atoms with van der Waals surface area (Å²) in [6.45, 7) is 5.24. The van der Waals surface area contributed by atoms with Crippen LogP contribution in [0.3, 0.4) is 0 Å². The molecule has 0 amide bonds. The molecule has 1 saturated heterocycles. The van der Waals surface area contributed by atoms with Crippen molar-refractivity contribution in [2.45, 2.75) is 26.0 Å². The lowest BCUT2D eigenvalue weighted by Gasteiger charge is -2.18. The molecule has 0 aliphatic carbocycles. The minimum atomic E-state index is -3.43. The Bertz CT molecular complexity index is 558. The fourth-order valence-corrected chi connectivity index (χ4v) is 3.32. The average Bonchev–Trinajstić information content (AvgIpc) is 2.88. The van der Waals surface area contributed by atoms with Gasteiger partial charge in [0.2, 0.25) is 10.0 Å². The topological polar surface area (TPSA) is 73.9 Å². The highest BCUT2D eigenvalue weighted by Crippen LogP contribution is 2.13. The van der Waals surface area contributed by atoms with Gasteiger partial charge in [0.25, 0.3) is 0 Å². The van der Waals surface area contributed by atoms with Crippen LogP contribution in [0.2, 0.25) is 0 Å². The van der Waals surface area contributed by atoms with Crippen LogP contribution in [0.1, 0.15) is 12.5 Å². The van der Waals surface area contributed by atoms with Crippen molar-refractivity contribution in [2.24, 2.45) is 0 Å². The smallest absolute Gasteiger partial charge is 0.215 e. The van der Waals surface area contributed by atoms with Gasteiger partial charge in [-0.15, -0.1) is 0 Å². The van der Waals surface area contributed by atoms with Crippen molar-refractivity contribution in [3.63, 3.8) is 0 Å². The number of hydrogen-bond acceptors (Lipinski definition) is 5. The standard InChI is InChI=1S/C15H23NO5S/c1-3-20-15-11-19-10-14(15)16-22(17,18)9-8-21-13-6-4-12(2)5-7-13/h4-7,14-16H,3,8-11H2,1-2H3/t14-,15-/m0/s1. The molecule has 1 heterocycles. The van der Waals surface area contributed by atoms with Gasteiger partial charge < -0.3 is 14.2 Å². The first-order valence-corrected chi connectivity index (χ1v) is 9.04. The van der Waals surface area contributed by atoms with Crippen LogP contribution in [0.25, 0.3) is 0 Å². The van der Waals surface area contributed by atoms with Crippen molar-refractivity contribution in [3.05, 3.63) is 29.8 Å². The molecule has 7 heteroatoms. The van der Waals surface area contributed by atoms with Crippen LogP contribution in [0.4, 0.5) is 0 Å². The van der Waals surface area contributed by atoms with Gasteiger partial charge in [0, 0.05) is 6.61 Å². The van der Waals surface area contributed by atoms with Gasteiger partial charge in [-0.3, -0.25) is 0 Å². The van der Waals surface area contributed by atoms with Crippen LogP contribution in [-0.4, -0.2) is 52.7 Å². The second-order valence-electron chi connectivity index (χ2n) is 5.24. The highest BCUT2D eigenvalue weighted by atomic mass is 32.2. The van der Waals surface area contributed by atoms with Gasteiger partial charge in [0.1, 0.15) is 12.4 Å². The number of sulfonamides is 1. The second-order valence-corrected chi connectivity index (χ2v) is 7.11. The molecule has 0 bridgehead atoms. The van der Waals surface area contributed by atoms with Crippen molar-refractivity contribution >= 4 is 10.0 Å². The summed E-state index contributed by atoms with van der Waals surface area (Å²) >= 11 is 0. The molecular formula is C15H23NO5S. The van der Waals surface area contributed by atoms with Crippen molar-refractivity contribution in [3.8, 4) is 5.75 Å². The van der Waals surface area contributed by atoms with E-state index in [2.05, 4.69) is 4.72 Å². The summed E-state index contributed by atoms with van der Waals surface area (Å²) in [5.41, 5.74) is 1.13. The molecule has 0 spiro atoms. The lowest BCUT2D eigenvalue weighted by Crippen LogP contribution is -2.45. The van der Waals surface area contributed by atoms with E-state index in [0.29, 0.717) is 25.6 Å². The van der Waals surface area contributed by atoms with E-state index in [9.17, 15) is 8.42 Å². The van der Waals surface area contributed by atoms with E-state index in [-0.39, 0.29) is 24.5 Å². The molecule has 1 aromatic carbocycles. The average molecular weight is 329 g/mol. The summed E-state index contributed by atoms with van der Waals surface area (Å²) < 4.78 is 43.0. The predicted octanol–water partition coefficient (Wildman–Crippen LogP) is 1.10. The molecule has 0 radical (unpaired) electrons. The molecule has 0 saturated carbocycles. The molecule has 1 aliphatic rings. The van der Waals surface area contributed by atoms with Gasteiger partial charge in [0.05, 0.1) is 31.1 Å². The van der Waals surface area contributed by atoms with Gasteiger partial charge >= 0.3 is 0 Å². The fraction of sp³-hybridized carbons (Fsp3) is 0.600. The quantitative estimate of drug-likeness (QED) is 0.773. The maximum atomic E-state index is 12.1. The van der Waals surface area contributed by atoms with Gasteiger partial charge in [-0.1, -0.05) is 17.7 Å². The van der Waals surface area contributed by atoms with Gasteiger partial charge in [-0.2, -0.15) is 0 Å². The lowest BCUT2D eigenvalue weighted by molar-refractivity contribution is 0.0440. The van der Waals surface area contributed by atoms with E-state index in [4.69, 9.17) is 14.2 Å². The van der Waals surface area contributed by atoms with E-state index >= 15 is 0 Å². The van der Waals surface area contributed by atoms with E-state index in [0.717, 1.165) is 5.56 Å². The van der Waals surface area contributed by atoms with E-state index in [1.807, 2.05) is 38.1 Å². The number of hydrogen-bond donors (Lipinski definition) is 1. The first kappa shape index (κ1) is 17.2. The first-order chi connectivity index (χ1) is 10.5. The third-order valence-corrected chi connectivity index (χ3v) is 4.75. The molecule has 0 aromatic heterocycles. The summed E-state index contributed by atoms with van der Waals surface area (Å²) in [5.74, 6) is 0.563. The van der Waals surface area contributed by atoms with Crippen LogP contribution in [0.15, 0.2) is 24.3 Å². The number of nitrogens with one attached hydrogen (secondary N) is 1. The zero-order chi connectivity index (χ0) is 16.0. The Balaban J connectivity index is 1.79. The Morgan fingerprint density at radius 1 is 1.27 bits per heavy atom. The van der Waals surface area contributed by atoms with Gasteiger partial charge in [-0.05, 0) is 26.0 Å². The monoisotopic (exact) mass is 329 g/mol. The molecule has 22 heavy (non-hydrogen) atoms. The summed E-state index contributed by atoms with van der Waals surface area (Å²) in [5, 5.41) is 0. The molecule has 1 fully saturated rings. The zero-order valence-corrected chi connectivity index (χ0v) is 13.8. The number of benzene rings is 1. The summed E-state index contributed by atoms with van der Waals surface area (Å²) in [6, 6.07) is 7.16. The SMILES string of the molecule is CCO[C@H]1COC[C@@H]1NS(=O)(=O)CCOc1ccc(C)cc1. The molecule has 1 aromatic rings.